The Hall–Kier alpha value is -1.52. The van der Waals surface area contributed by atoms with Crippen molar-refractivity contribution in [1.29, 1.82) is 0 Å². The van der Waals surface area contributed by atoms with E-state index >= 15 is 0 Å². The summed E-state index contributed by atoms with van der Waals surface area (Å²) in [5, 5.41) is 0. The van der Waals surface area contributed by atoms with Crippen LogP contribution in [-0.4, -0.2) is 22.1 Å². The molecule has 0 bridgehead atoms. The number of imidazole rings is 1. The molecule has 1 saturated carbocycles. The zero-order valence-corrected chi connectivity index (χ0v) is 12.8. The summed E-state index contributed by atoms with van der Waals surface area (Å²) < 4.78 is 7.03. The molecule has 112 valence electrons. The molecule has 0 radical (unpaired) electrons. The van der Waals surface area contributed by atoms with Crippen LogP contribution in [-0.2, 0) is 4.74 Å². The zero-order chi connectivity index (χ0) is 14.9. The van der Waals surface area contributed by atoms with Gasteiger partial charge in [-0.1, -0.05) is 13.8 Å². The van der Waals surface area contributed by atoms with Crippen molar-refractivity contribution in [2.75, 3.05) is 12.3 Å². The fourth-order valence-corrected chi connectivity index (χ4v) is 3.13. The minimum atomic E-state index is -0.427. The predicted octanol–water partition coefficient (Wildman–Crippen LogP) is 2.95. The molecular formula is C15H25N3O2. The van der Waals surface area contributed by atoms with Crippen LogP contribution in [0.1, 0.15) is 62.4 Å². The number of aryl methyl sites for hydroxylation is 1. The van der Waals surface area contributed by atoms with Crippen LogP contribution in [0.5, 0.6) is 0 Å². The number of hydrogen-bond acceptors (Lipinski definition) is 4. The van der Waals surface area contributed by atoms with E-state index in [1.165, 1.54) is 6.42 Å². The van der Waals surface area contributed by atoms with E-state index in [1.807, 2.05) is 11.5 Å². The molecule has 0 saturated heterocycles. The summed E-state index contributed by atoms with van der Waals surface area (Å²) in [5.41, 5.74) is 6.41. The lowest BCUT2D eigenvalue weighted by Gasteiger charge is -2.33. The van der Waals surface area contributed by atoms with E-state index in [0.29, 0.717) is 24.4 Å². The Labute approximate surface area is 120 Å². The highest BCUT2D eigenvalue weighted by molar-refractivity contribution is 5.92. The molecule has 1 aromatic heterocycles. The van der Waals surface area contributed by atoms with Gasteiger partial charge < -0.3 is 15.0 Å². The number of hydrogen-bond donors (Lipinski definition) is 1. The Morgan fingerprint density at radius 2 is 2.10 bits per heavy atom. The van der Waals surface area contributed by atoms with Gasteiger partial charge in [0, 0.05) is 6.04 Å². The molecule has 0 amide bonds. The second kappa shape index (κ2) is 5.85. The Bertz CT molecular complexity index is 496. The van der Waals surface area contributed by atoms with Crippen molar-refractivity contribution in [3.63, 3.8) is 0 Å². The van der Waals surface area contributed by atoms with E-state index in [4.69, 9.17) is 10.5 Å². The second-order valence-electron chi connectivity index (χ2n) is 5.90. The Morgan fingerprint density at radius 3 is 2.70 bits per heavy atom. The smallest absolute Gasteiger partial charge is 0.360 e. The van der Waals surface area contributed by atoms with E-state index in [-0.39, 0.29) is 5.69 Å². The highest BCUT2D eigenvalue weighted by Gasteiger charge is 2.30. The van der Waals surface area contributed by atoms with Crippen molar-refractivity contribution < 1.29 is 9.53 Å². The van der Waals surface area contributed by atoms with Gasteiger partial charge in [0.1, 0.15) is 11.6 Å². The van der Waals surface area contributed by atoms with Gasteiger partial charge in [0.05, 0.1) is 6.61 Å². The lowest BCUT2D eigenvalue weighted by Crippen LogP contribution is -2.25. The van der Waals surface area contributed by atoms with Gasteiger partial charge in [-0.05, 0) is 44.9 Å². The van der Waals surface area contributed by atoms with Crippen LogP contribution < -0.4 is 5.73 Å². The predicted molar refractivity (Wildman–Crippen MR) is 78.5 cm³/mol. The van der Waals surface area contributed by atoms with Crippen LogP contribution in [0, 0.1) is 18.8 Å². The lowest BCUT2D eigenvalue weighted by molar-refractivity contribution is 0.0521. The Morgan fingerprint density at radius 1 is 1.40 bits per heavy atom. The fraction of sp³-hybridized carbons (Fsp3) is 0.733. The van der Waals surface area contributed by atoms with Crippen molar-refractivity contribution in [3.8, 4) is 0 Å². The standard InChI is InChI=1S/C15H25N3O2/c1-5-20-15(19)13-14(16)18(11(4)17-13)12-7-6-9(2)10(3)8-12/h9-10,12H,5-8,16H2,1-4H3. The molecule has 5 nitrogen and oxygen atoms in total. The minimum absolute atomic E-state index is 0.260. The van der Waals surface area contributed by atoms with E-state index in [9.17, 15) is 4.79 Å². The maximum atomic E-state index is 11.9. The normalized spacial score (nSPS) is 26.5. The average molecular weight is 279 g/mol. The third-order valence-electron chi connectivity index (χ3n) is 4.53. The van der Waals surface area contributed by atoms with Gasteiger partial charge >= 0.3 is 5.97 Å². The second-order valence-corrected chi connectivity index (χ2v) is 5.90. The first-order valence-electron chi connectivity index (χ1n) is 7.47. The SMILES string of the molecule is CCOC(=O)c1nc(C)n(C2CCC(C)C(C)C2)c1N. The number of esters is 1. The first kappa shape index (κ1) is 14.9. The molecule has 1 aliphatic carbocycles. The number of nitrogens with zero attached hydrogens (tertiary/aromatic N) is 2. The Kier molecular flexibility index (Phi) is 4.35. The number of anilines is 1. The maximum Gasteiger partial charge on any atom is 0.360 e. The summed E-state index contributed by atoms with van der Waals surface area (Å²) in [5.74, 6) is 2.25. The molecule has 2 N–H and O–H groups in total. The van der Waals surface area contributed by atoms with Gasteiger partial charge in [-0.25, -0.2) is 9.78 Å². The van der Waals surface area contributed by atoms with Gasteiger partial charge in [0.25, 0.3) is 0 Å². The van der Waals surface area contributed by atoms with Gasteiger partial charge in [0.15, 0.2) is 5.69 Å². The van der Waals surface area contributed by atoms with Crippen molar-refractivity contribution in [1.82, 2.24) is 9.55 Å². The van der Waals surface area contributed by atoms with Gasteiger partial charge in [-0.15, -0.1) is 0 Å². The molecule has 2 rings (SSSR count). The maximum absolute atomic E-state index is 11.9. The number of rotatable bonds is 3. The molecule has 20 heavy (non-hydrogen) atoms. The van der Waals surface area contributed by atoms with Crippen LogP contribution in [0.15, 0.2) is 0 Å². The van der Waals surface area contributed by atoms with Gasteiger partial charge in [-0.2, -0.15) is 0 Å². The van der Waals surface area contributed by atoms with Crippen LogP contribution in [0.2, 0.25) is 0 Å². The third kappa shape index (κ3) is 2.67. The van der Waals surface area contributed by atoms with Crippen LogP contribution in [0.25, 0.3) is 0 Å². The molecule has 0 spiro atoms. The van der Waals surface area contributed by atoms with Crippen molar-refractivity contribution in [2.24, 2.45) is 11.8 Å². The number of nitrogens with two attached hydrogens (primary N) is 1. The lowest BCUT2D eigenvalue weighted by atomic mass is 9.79. The summed E-state index contributed by atoms with van der Waals surface area (Å²) in [7, 11) is 0. The summed E-state index contributed by atoms with van der Waals surface area (Å²) in [6.45, 7) is 8.60. The Balaban J connectivity index is 2.26. The molecule has 1 aliphatic rings. The zero-order valence-electron chi connectivity index (χ0n) is 12.8. The molecule has 0 aliphatic heterocycles. The third-order valence-corrected chi connectivity index (χ3v) is 4.53. The largest absolute Gasteiger partial charge is 0.461 e. The van der Waals surface area contributed by atoms with Gasteiger partial charge in [0.2, 0.25) is 0 Å². The molecule has 1 heterocycles. The fourth-order valence-electron chi connectivity index (χ4n) is 3.13. The topological polar surface area (TPSA) is 70.1 Å². The van der Waals surface area contributed by atoms with Crippen molar-refractivity contribution >= 4 is 11.8 Å². The van der Waals surface area contributed by atoms with Crippen LogP contribution >= 0.6 is 0 Å². The van der Waals surface area contributed by atoms with Crippen molar-refractivity contribution in [3.05, 3.63) is 11.5 Å². The molecule has 3 atom stereocenters. The van der Waals surface area contributed by atoms with Crippen LogP contribution in [0.4, 0.5) is 5.82 Å². The van der Waals surface area contributed by atoms with Gasteiger partial charge in [-0.3, -0.25) is 0 Å². The molecule has 1 fully saturated rings. The molecule has 1 aromatic rings. The quantitative estimate of drug-likeness (QED) is 0.864. The molecule has 5 heteroatoms. The molecule has 0 aromatic carbocycles. The number of aromatic nitrogens is 2. The van der Waals surface area contributed by atoms with E-state index in [1.54, 1.807) is 6.92 Å². The average Bonchev–Trinajstić information content (AvgIpc) is 2.69. The summed E-state index contributed by atoms with van der Waals surface area (Å²) in [4.78, 5) is 16.2. The highest BCUT2D eigenvalue weighted by Crippen LogP contribution is 2.38. The molecule has 3 unspecified atom stereocenters. The monoisotopic (exact) mass is 279 g/mol. The van der Waals surface area contributed by atoms with E-state index in [0.717, 1.165) is 24.6 Å². The van der Waals surface area contributed by atoms with Crippen molar-refractivity contribution in [2.45, 2.75) is 53.0 Å². The first-order valence-corrected chi connectivity index (χ1v) is 7.47. The van der Waals surface area contributed by atoms with Crippen LogP contribution in [0.3, 0.4) is 0 Å². The highest BCUT2D eigenvalue weighted by atomic mass is 16.5. The minimum Gasteiger partial charge on any atom is -0.461 e. The van der Waals surface area contributed by atoms with E-state index < -0.39 is 5.97 Å². The number of carbonyl (C=O) groups excluding carboxylic acids is 1. The summed E-state index contributed by atoms with van der Waals surface area (Å²) in [6.07, 6.45) is 3.37. The summed E-state index contributed by atoms with van der Waals surface area (Å²) in [6, 6.07) is 0.344. The summed E-state index contributed by atoms with van der Waals surface area (Å²) >= 11 is 0. The molecular weight excluding hydrogens is 254 g/mol. The first-order chi connectivity index (χ1) is 9.45. The number of nitrogen functional groups attached to an aromatic ring is 1. The van der Waals surface area contributed by atoms with E-state index in [2.05, 4.69) is 18.8 Å². The number of ether oxygens (including phenoxy) is 1. The number of carbonyl (C=O) groups is 1.